The Morgan fingerprint density at radius 1 is 0.391 bits per heavy atom. The molecule has 0 N–H and O–H groups in total. The Morgan fingerprint density at radius 2 is 1.00 bits per heavy atom. The number of anilines is 3. The predicted octanol–water partition coefficient (Wildman–Crippen LogP) is 8.49. The van der Waals surface area contributed by atoms with E-state index in [0.29, 0.717) is 0 Å². The average molecular weight is 584 g/mol. The third-order valence-corrected chi connectivity index (χ3v) is 10.3. The molecule has 7 aromatic carbocycles. The van der Waals surface area contributed by atoms with Crippen molar-refractivity contribution in [3.05, 3.63) is 158 Å². The van der Waals surface area contributed by atoms with Crippen molar-refractivity contribution in [2.24, 2.45) is 0 Å². The summed E-state index contributed by atoms with van der Waals surface area (Å²) < 4.78 is 5.07. The van der Waals surface area contributed by atoms with Gasteiger partial charge in [0.2, 0.25) is 0 Å². The first-order valence-electron chi connectivity index (χ1n) is 16.0. The first-order chi connectivity index (χ1) is 22.9. The summed E-state index contributed by atoms with van der Waals surface area (Å²) in [6, 6.07) is 57.9. The monoisotopic (exact) mass is 583 g/mol. The quantitative estimate of drug-likeness (QED) is 0.190. The van der Waals surface area contributed by atoms with E-state index in [0.717, 1.165) is 17.1 Å². The van der Waals surface area contributed by atoms with Crippen molar-refractivity contribution in [1.29, 1.82) is 0 Å². The lowest BCUT2D eigenvalue weighted by Crippen LogP contribution is -2.59. The molecule has 0 bridgehead atoms. The Bertz CT molecular complexity index is 2660. The molecule has 0 saturated heterocycles. The number of rotatable bonds is 3. The second kappa shape index (κ2) is 8.80. The van der Waals surface area contributed by atoms with Gasteiger partial charge in [0.1, 0.15) is 0 Å². The fraction of sp³-hybridized carbons (Fsp3) is 0. The van der Waals surface area contributed by atoms with Crippen molar-refractivity contribution in [1.82, 2.24) is 9.13 Å². The van der Waals surface area contributed by atoms with Gasteiger partial charge in [-0.2, -0.15) is 0 Å². The zero-order chi connectivity index (χ0) is 29.9. The minimum atomic E-state index is 0.164. The molecule has 4 heteroatoms. The zero-order valence-corrected chi connectivity index (χ0v) is 24.9. The highest BCUT2D eigenvalue weighted by molar-refractivity contribution is 7.00. The highest BCUT2D eigenvalue weighted by Crippen LogP contribution is 2.42. The van der Waals surface area contributed by atoms with Crippen LogP contribution in [0.25, 0.3) is 55.0 Å². The minimum absolute atomic E-state index is 0.164. The highest BCUT2D eigenvalue weighted by atomic mass is 15.1. The summed E-state index contributed by atoms with van der Waals surface area (Å²) in [5.41, 5.74) is 15.3. The first kappa shape index (κ1) is 24.3. The van der Waals surface area contributed by atoms with Crippen LogP contribution in [0.1, 0.15) is 0 Å². The van der Waals surface area contributed by atoms with E-state index in [1.165, 1.54) is 71.4 Å². The number of nitrogens with zero attached hydrogens (tertiary/aromatic N) is 3. The van der Waals surface area contributed by atoms with Crippen molar-refractivity contribution in [3.8, 4) is 11.4 Å². The van der Waals surface area contributed by atoms with Crippen LogP contribution in [0.15, 0.2) is 158 Å². The standard InChI is InChI=1S/C42H26BN3/c1-3-12-27(13-4-1)44(28-14-5-2-6-15-28)29-22-23-31-33-24-25-38-40-42(33)46(39(31)26-29)37-21-10-8-18-34(37)43(40)35-19-11-17-32-30-16-7-9-20-36(30)45(38)41(32)35/h1-26H. The number of benzene rings is 7. The smallest absolute Gasteiger partial charge is 0.252 e. The molecule has 212 valence electrons. The number of hydrogen-bond donors (Lipinski definition) is 0. The second-order valence-corrected chi connectivity index (χ2v) is 12.5. The van der Waals surface area contributed by atoms with Crippen molar-refractivity contribution < 1.29 is 0 Å². The van der Waals surface area contributed by atoms with Crippen LogP contribution in [0.2, 0.25) is 0 Å². The molecule has 11 rings (SSSR count). The van der Waals surface area contributed by atoms with Gasteiger partial charge >= 0.3 is 0 Å². The topological polar surface area (TPSA) is 13.1 Å². The zero-order valence-electron chi connectivity index (χ0n) is 24.9. The summed E-state index contributed by atoms with van der Waals surface area (Å²) in [6.45, 7) is 0.164. The maximum Gasteiger partial charge on any atom is 0.252 e. The molecule has 4 heterocycles. The molecule has 0 unspecified atom stereocenters. The highest BCUT2D eigenvalue weighted by Gasteiger charge is 2.40. The Hall–Kier alpha value is -6.00. The summed E-state index contributed by atoms with van der Waals surface area (Å²) in [5, 5.41) is 5.22. The largest absolute Gasteiger partial charge is 0.310 e. The van der Waals surface area contributed by atoms with Crippen molar-refractivity contribution in [2.45, 2.75) is 0 Å². The van der Waals surface area contributed by atoms with Gasteiger partial charge in [-0.15, -0.1) is 0 Å². The van der Waals surface area contributed by atoms with Gasteiger partial charge in [-0.25, -0.2) is 0 Å². The van der Waals surface area contributed by atoms with Crippen molar-refractivity contribution in [2.75, 3.05) is 4.90 Å². The average Bonchev–Trinajstić information content (AvgIpc) is 3.64. The fourth-order valence-electron chi connectivity index (χ4n) is 8.52. The molecule has 0 saturated carbocycles. The van der Waals surface area contributed by atoms with Gasteiger partial charge in [-0.3, -0.25) is 0 Å². The molecule has 0 spiro atoms. The van der Waals surface area contributed by atoms with Crippen LogP contribution in [0, 0.1) is 0 Å². The molecular weight excluding hydrogens is 557 g/mol. The van der Waals surface area contributed by atoms with E-state index in [1.807, 2.05) is 0 Å². The summed E-state index contributed by atoms with van der Waals surface area (Å²) in [5.74, 6) is 0. The Morgan fingerprint density at radius 3 is 1.83 bits per heavy atom. The molecule has 0 aliphatic carbocycles. The van der Waals surface area contributed by atoms with Crippen LogP contribution >= 0.6 is 0 Å². The van der Waals surface area contributed by atoms with Crippen molar-refractivity contribution >= 4 is 83.8 Å². The molecule has 3 nitrogen and oxygen atoms in total. The van der Waals surface area contributed by atoms with E-state index < -0.39 is 0 Å². The van der Waals surface area contributed by atoms with Gasteiger partial charge in [0, 0.05) is 55.5 Å². The Balaban J connectivity index is 1.28. The molecule has 9 aromatic rings. The number of hydrogen-bond acceptors (Lipinski definition) is 1. The molecule has 0 radical (unpaired) electrons. The molecule has 46 heavy (non-hydrogen) atoms. The van der Waals surface area contributed by atoms with E-state index in [1.54, 1.807) is 0 Å². The fourth-order valence-corrected chi connectivity index (χ4v) is 8.52. The van der Waals surface area contributed by atoms with Crippen LogP contribution in [-0.4, -0.2) is 15.8 Å². The minimum Gasteiger partial charge on any atom is -0.310 e. The summed E-state index contributed by atoms with van der Waals surface area (Å²) in [7, 11) is 0. The maximum absolute atomic E-state index is 2.55. The van der Waals surface area contributed by atoms with Crippen LogP contribution in [0.3, 0.4) is 0 Å². The van der Waals surface area contributed by atoms with Gasteiger partial charge in [0.05, 0.1) is 16.6 Å². The molecule has 0 amide bonds. The van der Waals surface area contributed by atoms with Crippen molar-refractivity contribution in [3.63, 3.8) is 0 Å². The summed E-state index contributed by atoms with van der Waals surface area (Å²) in [6.07, 6.45) is 0. The summed E-state index contributed by atoms with van der Waals surface area (Å²) in [4.78, 5) is 2.36. The molecule has 2 aliphatic heterocycles. The number of fused-ring (bicyclic) bond motifs is 11. The third kappa shape index (κ3) is 2.99. The van der Waals surface area contributed by atoms with Crippen LogP contribution in [0.4, 0.5) is 17.1 Å². The van der Waals surface area contributed by atoms with E-state index in [2.05, 4.69) is 172 Å². The van der Waals surface area contributed by atoms with Gasteiger partial charge in [-0.1, -0.05) is 103 Å². The van der Waals surface area contributed by atoms with E-state index in [-0.39, 0.29) is 6.71 Å². The van der Waals surface area contributed by atoms with E-state index >= 15 is 0 Å². The SMILES string of the molecule is c1ccc(N(c2ccccc2)c2ccc3c4ccc5c6c4n(c3c2)-c2ccccc2B6c2cccc3c4ccccc4n-5c23)cc1. The molecule has 2 aliphatic rings. The summed E-state index contributed by atoms with van der Waals surface area (Å²) >= 11 is 0. The Labute approximate surface area is 266 Å². The van der Waals surface area contributed by atoms with Crippen LogP contribution in [-0.2, 0) is 0 Å². The van der Waals surface area contributed by atoms with Gasteiger partial charge < -0.3 is 14.0 Å². The van der Waals surface area contributed by atoms with E-state index in [4.69, 9.17) is 0 Å². The second-order valence-electron chi connectivity index (χ2n) is 12.5. The van der Waals surface area contributed by atoms with Gasteiger partial charge in [-0.05, 0) is 71.0 Å². The normalized spacial score (nSPS) is 12.7. The molecule has 2 aromatic heterocycles. The molecule has 0 fully saturated rings. The third-order valence-electron chi connectivity index (χ3n) is 10.3. The lowest BCUT2D eigenvalue weighted by atomic mass is 9.34. The van der Waals surface area contributed by atoms with Gasteiger partial charge in [0.15, 0.2) is 0 Å². The lowest BCUT2D eigenvalue weighted by Gasteiger charge is -2.33. The first-order valence-corrected chi connectivity index (χ1v) is 16.0. The number of para-hydroxylation sites is 5. The maximum atomic E-state index is 2.55. The molecular formula is C42H26BN3. The van der Waals surface area contributed by atoms with E-state index in [9.17, 15) is 0 Å². The molecule has 0 atom stereocenters. The predicted molar refractivity (Wildman–Crippen MR) is 194 cm³/mol. The van der Waals surface area contributed by atoms with Crippen LogP contribution < -0.4 is 21.3 Å². The Kier molecular flexibility index (Phi) is 4.66. The van der Waals surface area contributed by atoms with Crippen LogP contribution in [0.5, 0.6) is 0 Å². The van der Waals surface area contributed by atoms with Gasteiger partial charge in [0.25, 0.3) is 6.71 Å². The lowest BCUT2D eigenvalue weighted by molar-refractivity contribution is 1.16. The number of aromatic nitrogens is 2.